The molecule has 0 spiro atoms. The van der Waals surface area contributed by atoms with Gasteiger partial charge < -0.3 is 30.4 Å². The number of likely N-dealkylation sites (N-methyl/N-ethyl adjacent to an activating group) is 1. The molecule has 3 N–H and O–H groups in total. The van der Waals surface area contributed by atoms with Crippen LogP contribution in [0.3, 0.4) is 0 Å². The number of nitrogens with two attached hydrogens (primary N) is 1. The van der Waals surface area contributed by atoms with E-state index in [9.17, 15) is 0 Å². The predicted molar refractivity (Wildman–Crippen MR) is 146 cm³/mol. The van der Waals surface area contributed by atoms with Gasteiger partial charge in [0.2, 0.25) is 5.95 Å². The van der Waals surface area contributed by atoms with E-state index in [0.29, 0.717) is 12.5 Å². The standard InChI is InChI=1S/C24H30N6O.C2H6.CH2O.H2/c1-3-26-24-27-16-19-17-30(13-12-29(2)23(19)28-24)20-10-7-11-21(14-20)31-22(15-25)18-8-5-4-6-9-18;2*1-2;/h4-11,14,16,22H,3,12-13,15,17,25H2,1-2H3,(H,26,27,28);1-2H3;1H2;1H. The van der Waals surface area contributed by atoms with Crippen LogP contribution in [0.15, 0.2) is 60.8 Å². The molecule has 0 fully saturated rings. The predicted octanol–water partition coefficient (Wildman–Crippen LogP) is 4.53. The maximum Gasteiger partial charge on any atom is 0.224 e. The molecule has 2 aromatic carbocycles. The van der Waals surface area contributed by atoms with Crippen molar-refractivity contribution in [1.82, 2.24) is 9.97 Å². The number of benzene rings is 2. The summed E-state index contributed by atoms with van der Waals surface area (Å²) in [5, 5.41) is 3.20. The minimum atomic E-state index is -0.176. The summed E-state index contributed by atoms with van der Waals surface area (Å²) in [5.74, 6) is 2.46. The summed E-state index contributed by atoms with van der Waals surface area (Å²) in [7, 11) is 2.08. The zero-order valence-electron chi connectivity index (χ0n) is 21.3. The van der Waals surface area contributed by atoms with Crippen LogP contribution in [0.2, 0.25) is 0 Å². The van der Waals surface area contributed by atoms with Crippen molar-refractivity contribution in [2.75, 3.05) is 48.3 Å². The molecule has 190 valence electrons. The van der Waals surface area contributed by atoms with E-state index < -0.39 is 0 Å². The van der Waals surface area contributed by atoms with Crippen LogP contribution in [-0.4, -0.2) is 50.0 Å². The summed E-state index contributed by atoms with van der Waals surface area (Å²) in [4.78, 5) is 21.7. The van der Waals surface area contributed by atoms with Gasteiger partial charge in [0.1, 0.15) is 24.5 Å². The molecule has 8 heteroatoms. The molecule has 0 radical (unpaired) electrons. The van der Waals surface area contributed by atoms with Crippen molar-refractivity contribution in [3.05, 3.63) is 71.9 Å². The molecule has 2 heterocycles. The first-order chi connectivity index (χ1) is 17.2. The van der Waals surface area contributed by atoms with Gasteiger partial charge in [0.05, 0.1) is 0 Å². The van der Waals surface area contributed by atoms with Crippen LogP contribution >= 0.6 is 0 Å². The molecule has 1 aliphatic rings. The van der Waals surface area contributed by atoms with E-state index in [1.165, 1.54) is 0 Å². The Bertz CT molecular complexity index is 1020. The third kappa shape index (κ3) is 7.42. The second-order valence-electron chi connectivity index (χ2n) is 7.67. The van der Waals surface area contributed by atoms with E-state index in [-0.39, 0.29) is 7.53 Å². The number of aromatic nitrogens is 2. The van der Waals surface area contributed by atoms with Crippen molar-refractivity contribution in [2.24, 2.45) is 5.73 Å². The highest BCUT2D eigenvalue weighted by Crippen LogP contribution is 2.30. The van der Waals surface area contributed by atoms with Crippen molar-refractivity contribution in [3.8, 4) is 5.75 Å². The van der Waals surface area contributed by atoms with Crippen LogP contribution in [0.1, 0.15) is 39.4 Å². The molecule has 4 rings (SSSR count). The highest BCUT2D eigenvalue weighted by molar-refractivity contribution is 5.57. The molecule has 1 atom stereocenters. The van der Waals surface area contributed by atoms with E-state index in [1.54, 1.807) is 0 Å². The van der Waals surface area contributed by atoms with Crippen LogP contribution in [0, 0.1) is 0 Å². The van der Waals surface area contributed by atoms with Crippen LogP contribution in [0.4, 0.5) is 17.5 Å². The van der Waals surface area contributed by atoms with E-state index in [1.807, 2.05) is 76.2 Å². The Morgan fingerprint density at radius 3 is 2.57 bits per heavy atom. The lowest BCUT2D eigenvalue weighted by atomic mass is 10.1. The summed E-state index contributed by atoms with van der Waals surface area (Å²) in [6.07, 6.45) is 1.75. The quantitative estimate of drug-likeness (QED) is 0.509. The van der Waals surface area contributed by atoms with Crippen molar-refractivity contribution in [3.63, 3.8) is 0 Å². The average molecular weight is 481 g/mol. The summed E-state index contributed by atoms with van der Waals surface area (Å²) < 4.78 is 6.25. The van der Waals surface area contributed by atoms with Crippen LogP contribution in [-0.2, 0) is 11.3 Å². The molecule has 1 aromatic heterocycles. The van der Waals surface area contributed by atoms with Gasteiger partial charge in [-0.3, -0.25) is 0 Å². The maximum atomic E-state index is 8.00. The number of rotatable bonds is 7. The number of anilines is 3. The molecular weight excluding hydrogens is 440 g/mol. The highest BCUT2D eigenvalue weighted by atomic mass is 16.5. The van der Waals surface area contributed by atoms with Crippen LogP contribution < -0.4 is 25.6 Å². The van der Waals surface area contributed by atoms with Gasteiger partial charge in [-0.15, -0.1) is 0 Å². The molecule has 0 saturated heterocycles. The molecule has 0 amide bonds. The molecule has 3 aromatic rings. The van der Waals surface area contributed by atoms with Gasteiger partial charge in [0, 0.05) is 64.7 Å². The zero-order chi connectivity index (χ0) is 25.6. The Balaban J connectivity index is 0.00000123. The van der Waals surface area contributed by atoms with Gasteiger partial charge in [-0.2, -0.15) is 4.98 Å². The smallest absolute Gasteiger partial charge is 0.224 e. The Kier molecular flexibility index (Phi) is 11.5. The Morgan fingerprint density at radius 1 is 1.14 bits per heavy atom. The monoisotopic (exact) mass is 480 g/mol. The number of carbonyl (C=O) groups excluding carboxylic acids is 1. The fraction of sp³-hybridized carbons (Fsp3) is 0.370. The third-order valence-electron chi connectivity index (χ3n) is 5.45. The molecule has 0 aliphatic carbocycles. The molecule has 0 bridgehead atoms. The van der Waals surface area contributed by atoms with Gasteiger partial charge >= 0.3 is 0 Å². The lowest BCUT2D eigenvalue weighted by Crippen LogP contribution is -2.29. The van der Waals surface area contributed by atoms with Crippen molar-refractivity contribution < 1.29 is 11.0 Å². The lowest BCUT2D eigenvalue weighted by molar-refractivity contribution is -0.0979. The third-order valence-corrected chi connectivity index (χ3v) is 5.45. The summed E-state index contributed by atoms with van der Waals surface area (Å²) in [6.45, 7) is 11.8. The number of nitrogens with one attached hydrogen (secondary N) is 1. The first-order valence-corrected chi connectivity index (χ1v) is 12.0. The number of carbonyl (C=O) groups is 1. The minimum Gasteiger partial charge on any atom is -0.484 e. The Morgan fingerprint density at radius 2 is 1.89 bits per heavy atom. The topological polar surface area (TPSA) is 96.6 Å². The van der Waals surface area contributed by atoms with E-state index >= 15 is 0 Å². The number of fused-ring (bicyclic) bond motifs is 1. The van der Waals surface area contributed by atoms with Crippen molar-refractivity contribution in [2.45, 2.75) is 33.4 Å². The van der Waals surface area contributed by atoms with Gasteiger partial charge in [0.25, 0.3) is 0 Å². The van der Waals surface area contributed by atoms with E-state index in [4.69, 9.17) is 20.2 Å². The fourth-order valence-corrected chi connectivity index (χ4v) is 3.80. The number of ether oxygens (including phenoxy) is 1. The van der Waals surface area contributed by atoms with Crippen LogP contribution in [0.5, 0.6) is 5.75 Å². The molecule has 1 unspecified atom stereocenters. The molecule has 8 nitrogen and oxygen atoms in total. The summed E-state index contributed by atoms with van der Waals surface area (Å²) in [5.41, 5.74) is 9.29. The largest absolute Gasteiger partial charge is 0.484 e. The second-order valence-corrected chi connectivity index (χ2v) is 7.67. The van der Waals surface area contributed by atoms with Crippen LogP contribution in [0.25, 0.3) is 0 Å². The van der Waals surface area contributed by atoms with Gasteiger partial charge in [-0.1, -0.05) is 50.2 Å². The fourth-order valence-electron chi connectivity index (χ4n) is 3.80. The van der Waals surface area contributed by atoms with Gasteiger partial charge in [0.15, 0.2) is 0 Å². The minimum absolute atomic E-state index is 0. The van der Waals surface area contributed by atoms with Crippen molar-refractivity contribution in [1.29, 1.82) is 0 Å². The normalized spacial score (nSPS) is 13.2. The second kappa shape index (κ2) is 14.6. The highest BCUT2D eigenvalue weighted by Gasteiger charge is 2.21. The van der Waals surface area contributed by atoms with E-state index in [2.05, 4.69) is 39.3 Å². The molecule has 1 aliphatic heterocycles. The molecule has 0 saturated carbocycles. The lowest BCUT2D eigenvalue weighted by Gasteiger charge is -2.24. The first kappa shape index (κ1) is 27.6. The molecular formula is C27H40N6O2. The summed E-state index contributed by atoms with van der Waals surface area (Å²) in [6, 6.07) is 18.3. The number of nitrogens with zero attached hydrogens (tertiary/aromatic N) is 4. The Labute approximate surface area is 210 Å². The Hall–Kier alpha value is -3.65. The number of hydrogen-bond acceptors (Lipinski definition) is 8. The van der Waals surface area contributed by atoms with Gasteiger partial charge in [-0.05, 0) is 24.6 Å². The van der Waals surface area contributed by atoms with Crippen molar-refractivity contribution >= 4 is 24.2 Å². The SMILES string of the molecule is C=O.CC.CCNc1ncc2c(n1)N(C)CCN(c1cccc(OC(CN)c3ccccc3)c1)C2.[HH]. The summed E-state index contributed by atoms with van der Waals surface area (Å²) >= 11 is 0. The molecule has 35 heavy (non-hydrogen) atoms. The first-order valence-electron chi connectivity index (χ1n) is 12.0. The van der Waals surface area contributed by atoms with E-state index in [0.717, 1.165) is 54.6 Å². The number of hydrogen-bond donors (Lipinski definition) is 2. The van der Waals surface area contributed by atoms with Gasteiger partial charge in [-0.25, -0.2) is 4.98 Å². The average Bonchev–Trinajstić information content (AvgIpc) is 3.09. The zero-order valence-corrected chi connectivity index (χ0v) is 21.3. The maximum absolute atomic E-state index is 8.00.